The Morgan fingerprint density at radius 3 is 1.16 bits per heavy atom. The summed E-state index contributed by atoms with van der Waals surface area (Å²) in [7, 11) is 1.42. The maximum Gasteiger partial charge on any atom is 0.420 e. The minimum Gasteiger partial charge on any atom is -0.400 e. The van der Waals surface area contributed by atoms with Crippen LogP contribution in [0.4, 0.5) is 113 Å². The first-order chi connectivity index (χ1) is 36.0. The number of alkyl halides is 18. The van der Waals surface area contributed by atoms with E-state index in [1.54, 1.807) is 24.3 Å². The molecule has 2 aliphatic rings. The molecule has 79 heavy (non-hydrogen) atoms. The molecular weight excluding hydrogens is 1270 g/mol. The number of imidazole rings is 1. The predicted molar refractivity (Wildman–Crippen MR) is 255 cm³/mol. The van der Waals surface area contributed by atoms with Crippen LogP contribution in [0.15, 0.2) is 109 Å². The quantitative estimate of drug-likeness (QED) is 0.0940. The van der Waals surface area contributed by atoms with E-state index >= 15 is 0 Å². The van der Waals surface area contributed by atoms with Crippen molar-refractivity contribution in [3.8, 4) is 5.69 Å². The fourth-order valence-corrected chi connectivity index (χ4v) is 9.57. The predicted octanol–water partition coefficient (Wildman–Crippen LogP) is 16.1. The molecule has 0 saturated heterocycles. The zero-order valence-electron chi connectivity index (χ0n) is 40.5. The average Bonchev–Trinajstić information content (AvgIpc) is 4.10. The maximum absolute atomic E-state index is 14.6. The van der Waals surface area contributed by atoms with E-state index in [0.29, 0.717) is 29.2 Å². The zero-order chi connectivity index (χ0) is 57.7. The summed E-state index contributed by atoms with van der Waals surface area (Å²) < 4.78 is 256. The van der Waals surface area contributed by atoms with Gasteiger partial charge in [-0.15, -0.1) is 23.8 Å². The Hall–Kier alpha value is -7.01. The first-order valence-corrected chi connectivity index (χ1v) is 22.7. The first kappa shape index (κ1) is 59.6. The van der Waals surface area contributed by atoms with Crippen LogP contribution in [0.1, 0.15) is 55.9 Å². The molecule has 0 amide bonds. The second-order valence-corrected chi connectivity index (χ2v) is 17.9. The van der Waals surface area contributed by atoms with Crippen molar-refractivity contribution in [1.82, 2.24) is 4.57 Å². The van der Waals surface area contributed by atoms with E-state index in [-0.39, 0.29) is 78.3 Å². The van der Waals surface area contributed by atoms with Gasteiger partial charge < -0.3 is 40.4 Å². The van der Waals surface area contributed by atoms with Gasteiger partial charge in [-0.2, -0.15) is 129 Å². The van der Waals surface area contributed by atoms with Gasteiger partial charge in [-0.1, -0.05) is 54.2 Å². The maximum atomic E-state index is 14.6. The normalized spacial score (nSPS) is 16.0. The van der Waals surface area contributed by atoms with Crippen LogP contribution < -0.4 is 24.2 Å². The van der Waals surface area contributed by atoms with Crippen LogP contribution in [0, 0.1) is 41.5 Å². The molecule has 7 aromatic rings. The first-order valence-electron chi connectivity index (χ1n) is 22.7. The average molecular weight is 1310 g/mol. The van der Waals surface area contributed by atoms with Crippen LogP contribution in [0.25, 0.3) is 16.7 Å². The van der Waals surface area contributed by atoms with E-state index in [0.717, 1.165) is 25.7 Å². The number of rotatable bonds is 6. The Kier molecular flexibility index (Phi) is 15.5. The van der Waals surface area contributed by atoms with E-state index in [9.17, 15) is 79.0 Å². The SMILES string of the molecule is [CH2-]Cc1n(C)c2cc(C(F)(F)F)cc(C(F)(F)F)c2[n+]1-c1ccccc1[CH2-].[CH2-]c1ccccc1N1c2c(cc(C(F)(F)F)cc2C(F)(F)F)N(CN2c3cc(C(F)(F)F)cc(C(F)(F)F)c3N(c3ccccc3[CH2-])C2[CH2-])C1[CH2-].[Ir]. The summed E-state index contributed by atoms with van der Waals surface area (Å²) >= 11 is 0. The second-order valence-electron chi connectivity index (χ2n) is 17.9. The molecule has 0 spiro atoms. The summed E-state index contributed by atoms with van der Waals surface area (Å²) in [5.41, 5.74) is -11.9. The van der Waals surface area contributed by atoms with E-state index in [1.165, 1.54) is 64.7 Å². The molecule has 0 saturated carbocycles. The molecule has 1 aromatic heterocycles. The third-order valence-electron chi connectivity index (χ3n) is 13.1. The van der Waals surface area contributed by atoms with E-state index in [4.69, 9.17) is 0 Å². The van der Waals surface area contributed by atoms with Crippen LogP contribution >= 0.6 is 0 Å². The third kappa shape index (κ3) is 10.9. The topological polar surface area (TPSA) is 21.8 Å². The zero-order valence-corrected chi connectivity index (χ0v) is 42.9. The Labute approximate surface area is 453 Å². The molecule has 6 aromatic carbocycles. The Balaban J connectivity index is 0.000000272. The molecular formula is C54H39F18IrN6-5. The molecule has 425 valence electrons. The molecule has 2 atom stereocenters. The number of halogens is 18. The molecule has 1 radical (unpaired) electrons. The fourth-order valence-electron chi connectivity index (χ4n) is 9.57. The molecule has 25 heteroatoms. The monoisotopic (exact) mass is 1310 g/mol. The summed E-state index contributed by atoms with van der Waals surface area (Å²) in [5.74, 6) is 0.325. The van der Waals surface area contributed by atoms with Crippen molar-refractivity contribution in [1.29, 1.82) is 0 Å². The molecule has 2 unspecified atom stereocenters. The van der Waals surface area contributed by atoms with Gasteiger partial charge in [-0.25, -0.2) is 9.13 Å². The van der Waals surface area contributed by atoms with Gasteiger partial charge in [-0.3, -0.25) is 0 Å². The Morgan fingerprint density at radius 1 is 0.456 bits per heavy atom. The Bertz CT molecular complexity index is 3280. The molecule has 0 fully saturated rings. The van der Waals surface area contributed by atoms with Crippen molar-refractivity contribution in [2.75, 3.05) is 26.3 Å². The molecule has 0 bridgehead atoms. The van der Waals surface area contributed by atoms with Gasteiger partial charge in [0, 0.05) is 31.9 Å². The summed E-state index contributed by atoms with van der Waals surface area (Å²) in [6, 6.07) is 19.5. The van der Waals surface area contributed by atoms with E-state index in [1.807, 2.05) is 0 Å². The molecule has 3 heterocycles. The summed E-state index contributed by atoms with van der Waals surface area (Å²) in [5, 5.41) is 0. The van der Waals surface area contributed by atoms with Crippen LogP contribution in [0.3, 0.4) is 0 Å². The van der Waals surface area contributed by atoms with E-state index < -0.39 is 112 Å². The van der Waals surface area contributed by atoms with E-state index in [2.05, 4.69) is 41.5 Å². The summed E-state index contributed by atoms with van der Waals surface area (Å²) in [4.78, 5) is 3.82. The van der Waals surface area contributed by atoms with Crippen molar-refractivity contribution in [3.05, 3.63) is 207 Å². The molecule has 2 aliphatic heterocycles. The fraction of sp³-hybridized carbons (Fsp3) is 0.204. The number of hydrogen-bond donors (Lipinski definition) is 0. The number of benzene rings is 6. The van der Waals surface area contributed by atoms with Gasteiger partial charge in [0.1, 0.15) is 5.56 Å². The van der Waals surface area contributed by atoms with Gasteiger partial charge in [0.25, 0.3) is 0 Å². The van der Waals surface area contributed by atoms with Gasteiger partial charge >= 0.3 is 37.1 Å². The van der Waals surface area contributed by atoms with Gasteiger partial charge in [-0.05, 0) is 42.7 Å². The minimum absolute atomic E-state index is 0. The van der Waals surface area contributed by atoms with Crippen molar-refractivity contribution in [3.63, 3.8) is 0 Å². The smallest absolute Gasteiger partial charge is 0.400 e. The largest absolute Gasteiger partial charge is 0.420 e. The van der Waals surface area contributed by atoms with Crippen LogP contribution in [0.5, 0.6) is 0 Å². The molecule has 6 nitrogen and oxygen atoms in total. The van der Waals surface area contributed by atoms with Crippen molar-refractivity contribution in [2.24, 2.45) is 7.05 Å². The van der Waals surface area contributed by atoms with Gasteiger partial charge in [0.2, 0.25) is 5.82 Å². The summed E-state index contributed by atoms with van der Waals surface area (Å²) in [6.45, 7) is 22.1. The third-order valence-corrected chi connectivity index (χ3v) is 13.1. The Morgan fingerprint density at radius 2 is 0.810 bits per heavy atom. The number of hydrogen-bond acceptors (Lipinski definition) is 4. The van der Waals surface area contributed by atoms with Crippen LogP contribution in [-0.4, -0.2) is 23.6 Å². The van der Waals surface area contributed by atoms with Crippen LogP contribution in [-0.2, 0) is 70.6 Å². The molecule has 0 N–H and O–H groups in total. The van der Waals surface area contributed by atoms with Crippen molar-refractivity contribution >= 4 is 45.2 Å². The second kappa shape index (κ2) is 20.6. The van der Waals surface area contributed by atoms with Crippen LogP contribution in [0.2, 0.25) is 0 Å². The number of nitrogens with zero attached hydrogens (tertiary/aromatic N) is 6. The van der Waals surface area contributed by atoms with Gasteiger partial charge in [0.15, 0.2) is 11.0 Å². The number of fused-ring (bicyclic) bond motifs is 3. The van der Waals surface area contributed by atoms with Gasteiger partial charge in [0.05, 0.1) is 64.3 Å². The summed E-state index contributed by atoms with van der Waals surface area (Å²) in [6.07, 6.45) is -34.2. The number of anilines is 6. The molecule has 0 aliphatic carbocycles. The number of aryl methyl sites for hydroxylation is 1. The molecule has 9 rings (SSSR count). The number of para-hydroxylation sites is 3. The van der Waals surface area contributed by atoms with Crippen molar-refractivity contribution in [2.45, 2.75) is 55.8 Å². The standard InChI is InChI=1S/C35H24F12N4.C19H15F6N2.Ir/c1-18-9-5-7-11-26(18)50-20(3)48(28-15-22(32(36,37)38)13-24(30(28)50)34(42,43)44)17-49-21(4)51(27-12-8-6-10-19(27)2)31-25(35(45,46)47)14-23(16-29(31)49)33(39,40)41;1-4-16-26(3)15-10-12(18(20,21)22)9-13(19(23,24)25)17(15)27(16)14-8-6-5-7-11(14)2;/h5-16,20-21H,1-4,17H2;5-10H,1-2,4H2,3H3;/q-4;-1;. The number of aromatic nitrogens is 2. The minimum atomic E-state index is -5.36. The van der Waals surface area contributed by atoms with Crippen molar-refractivity contribution < 1.29 is 104 Å².